The summed E-state index contributed by atoms with van der Waals surface area (Å²) in [5.74, 6) is -0.718. The van der Waals surface area contributed by atoms with Gasteiger partial charge in [-0.3, -0.25) is 14.5 Å². The summed E-state index contributed by atoms with van der Waals surface area (Å²) in [5, 5.41) is 8.95. The van der Waals surface area contributed by atoms with Crippen molar-refractivity contribution in [2.45, 2.75) is 38.6 Å². The van der Waals surface area contributed by atoms with Crippen LogP contribution in [0.2, 0.25) is 0 Å². The lowest BCUT2D eigenvalue weighted by Gasteiger charge is -2.35. The first-order valence-corrected chi connectivity index (χ1v) is 6.85. The van der Waals surface area contributed by atoms with Crippen LogP contribution in [0.1, 0.15) is 32.6 Å². The zero-order valence-corrected chi connectivity index (χ0v) is 11.0. The van der Waals surface area contributed by atoms with E-state index in [1.165, 1.54) is 0 Å². The number of hydrogen-bond acceptors (Lipinski definition) is 3. The molecular weight excluding hydrogens is 232 g/mol. The highest BCUT2D eigenvalue weighted by Gasteiger charge is 2.32. The number of carboxylic acid groups (broad SMARTS) is 1. The second-order valence-electron chi connectivity index (χ2n) is 5.36. The number of hydrogen-bond donors (Lipinski definition) is 1. The second-order valence-corrected chi connectivity index (χ2v) is 5.36. The fraction of sp³-hybridized carbons (Fsp3) is 0.846. The summed E-state index contributed by atoms with van der Waals surface area (Å²) in [7, 11) is 0. The van der Waals surface area contributed by atoms with Crippen LogP contribution in [0.3, 0.4) is 0 Å². The highest BCUT2D eigenvalue weighted by atomic mass is 16.4. The third kappa shape index (κ3) is 2.83. The maximum atomic E-state index is 12.2. The normalized spacial score (nSPS) is 24.2. The van der Waals surface area contributed by atoms with Gasteiger partial charge in [-0.2, -0.15) is 0 Å². The Morgan fingerprint density at radius 1 is 1.11 bits per heavy atom. The molecule has 18 heavy (non-hydrogen) atoms. The summed E-state index contributed by atoms with van der Waals surface area (Å²) in [4.78, 5) is 27.2. The van der Waals surface area contributed by atoms with Crippen LogP contribution < -0.4 is 0 Å². The van der Waals surface area contributed by atoms with E-state index in [0.29, 0.717) is 12.8 Å². The van der Waals surface area contributed by atoms with Crippen molar-refractivity contribution in [1.29, 1.82) is 0 Å². The van der Waals surface area contributed by atoms with Crippen LogP contribution in [0.5, 0.6) is 0 Å². The van der Waals surface area contributed by atoms with Gasteiger partial charge in [0.25, 0.3) is 0 Å². The second kappa shape index (κ2) is 5.69. The zero-order valence-electron chi connectivity index (χ0n) is 11.0. The van der Waals surface area contributed by atoms with Crippen molar-refractivity contribution in [3.8, 4) is 0 Å². The highest BCUT2D eigenvalue weighted by Crippen LogP contribution is 2.20. The first-order valence-electron chi connectivity index (χ1n) is 6.85. The van der Waals surface area contributed by atoms with E-state index in [9.17, 15) is 9.59 Å². The van der Waals surface area contributed by atoms with Crippen LogP contribution in [-0.4, -0.2) is 59.0 Å². The van der Waals surface area contributed by atoms with Crippen molar-refractivity contribution in [2.75, 3.05) is 26.2 Å². The maximum Gasteiger partial charge on any atom is 0.306 e. The van der Waals surface area contributed by atoms with Gasteiger partial charge < -0.3 is 10.0 Å². The summed E-state index contributed by atoms with van der Waals surface area (Å²) in [6.45, 7) is 5.15. The number of aliphatic carboxylic acids is 1. The minimum Gasteiger partial charge on any atom is -0.481 e. The summed E-state index contributed by atoms with van der Waals surface area (Å²) in [6, 6.07) is -0.0992. The monoisotopic (exact) mass is 254 g/mol. The van der Waals surface area contributed by atoms with Crippen LogP contribution >= 0.6 is 0 Å². The molecule has 0 aromatic heterocycles. The molecule has 2 fully saturated rings. The molecular formula is C13H22N2O3. The number of carbonyl (C=O) groups is 2. The Morgan fingerprint density at radius 3 is 2.17 bits per heavy atom. The predicted octanol–water partition coefficient (Wildman–Crippen LogP) is 0.794. The van der Waals surface area contributed by atoms with E-state index >= 15 is 0 Å². The number of piperidine rings is 1. The van der Waals surface area contributed by atoms with Crippen molar-refractivity contribution >= 4 is 11.9 Å². The van der Waals surface area contributed by atoms with E-state index in [4.69, 9.17) is 5.11 Å². The van der Waals surface area contributed by atoms with Gasteiger partial charge in [-0.1, -0.05) is 0 Å². The first-order chi connectivity index (χ1) is 8.59. The molecule has 0 bridgehead atoms. The van der Waals surface area contributed by atoms with Crippen molar-refractivity contribution < 1.29 is 14.7 Å². The number of rotatable bonds is 3. The van der Waals surface area contributed by atoms with Gasteiger partial charge >= 0.3 is 5.97 Å². The molecule has 1 atom stereocenters. The average Bonchev–Trinajstić information content (AvgIpc) is 2.91. The van der Waals surface area contributed by atoms with Crippen LogP contribution in [0.25, 0.3) is 0 Å². The molecule has 1 unspecified atom stereocenters. The van der Waals surface area contributed by atoms with E-state index in [-0.39, 0.29) is 17.9 Å². The Hall–Kier alpha value is -1.10. The standard InChI is InChI=1S/C13H22N2O3/c1-10(12(16)15-6-2-3-7-15)14-8-4-11(5-9-14)13(17)18/h10-11H,2-9H2,1H3,(H,17,18). The molecule has 5 nitrogen and oxygen atoms in total. The van der Waals surface area contributed by atoms with E-state index in [2.05, 4.69) is 4.90 Å². The van der Waals surface area contributed by atoms with Gasteiger partial charge in [-0.25, -0.2) is 0 Å². The van der Waals surface area contributed by atoms with Gasteiger partial charge in [0.05, 0.1) is 12.0 Å². The van der Waals surface area contributed by atoms with Gasteiger partial charge in [-0.15, -0.1) is 0 Å². The third-order valence-corrected chi connectivity index (χ3v) is 4.20. The largest absolute Gasteiger partial charge is 0.481 e. The number of nitrogens with zero attached hydrogens (tertiary/aromatic N) is 2. The molecule has 1 amide bonds. The van der Waals surface area contributed by atoms with E-state index < -0.39 is 5.97 Å². The SMILES string of the molecule is CC(C(=O)N1CCCC1)N1CCC(C(=O)O)CC1. The average molecular weight is 254 g/mol. The molecule has 1 N–H and O–H groups in total. The highest BCUT2D eigenvalue weighted by molar-refractivity contribution is 5.81. The van der Waals surface area contributed by atoms with Gasteiger partial charge in [0, 0.05) is 13.1 Å². The summed E-state index contributed by atoms with van der Waals surface area (Å²) >= 11 is 0. The summed E-state index contributed by atoms with van der Waals surface area (Å²) in [5.41, 5.74) is 0. The van der Waals surface area contributed by atoms with Gasteiger partial charge in [0.1, 0.15) is 0 Å². The molecule has 2 heterocycles. The van der Waals surface area contributed by atoms with E-state index in [1.54, 1.807) is 0 Å². The molecule has 0 aliphatic carbocycles. The van der Waals surface area contributed by atoms with E-state index in [1.807, 2.05) is 11.8 Å². The molecule has 0 aromatic carbocycles. The Kier molecular flexibility index (Phi) is 4.22. The summed E-state index contributed by atoms with van der Waals surface area (Å²) in [6.07, 6.45) is 3.54. The molecule has 0 radical (unpaired) electrons. The van der Waals surface area contributed by atoms with Crippen LogP contribution in [0.15, 0.2) is 0 Å². The molecule has 5 heteroatoms. The maximum absolute atomic E-state index is 12.2. The lowest BCUT2D eigenvalue weighted by molar-refractivity contribution is -0.144. The van der Waals surface area contributed by atoms with Crippen molar-refractivity contribution in [2.24, 2.45) is 5.92 Å². The molecule has 0 aromatic rings. The fourth-order valence-electron chi connectivity index (χ4n) is 2.89. The van der Waals surface area contributed by atoms with Crippen molar-refractivity contribution in [3.05, 3.63) is 0 Å². The molecule has 102 valence electrons. The number of carboxylic acids is 1. The fourth-order valence-corrected chi connectivity index (χ4v) is 2.89. The first kappa shape index (κ1) is 13.3. The molecule has 2 saturated heterocycles. The number of likely N-dealkylation sites (tertiary alicyclic amines) is 2. The molecule has 0 spiro atoms. The predicted molar refractivity (Wildman–Crippen MR) is 67.2 cm³/mol. The van der Waals surface area contributed by atoms with Crippen LogP contribution in [0, 0.1) is 5.92 Å². The van der Waals surface area contributed by atoms with Crippen molar-refractivity contribution in [3.63, 3.8) is 0 Å². The lowest BCUT2D eigenvalue weighted by atomic mass is 9.96. The minimum atomic E-state index is -0.701. The lowest BCUT2D eigenvalue weighted by Crippen LogP contribution is -2.49. The van der Waals surface area contributed by atoms with E-state index in [0.717, 1.165) is 39.0 Å². The smallest absolute Gasteiger partial charge is 0.306 e. The van der Waals surface area contributed by atoms with Crippen LogP contribution in [0.4, 0.5) is 0 Å². The number of carbonyl (C=O) groups excluding carboxylic acids is 1. The van der Waals surface area contributed by atoms with Gasteiger partial charge in [-0.05, 0) is 45.7 Å². The molecule has 2 aliphatic heterocycles. The molecule has 2 aliphatic rings. The molecule has 0 saturated carbocycles. The van der Waals surface area contributed by atoms with Gasteiger partial charge in [0.2, 0.25) is 5.91 Å². The van der Waals surface area contributed by atoms with Crippen molar-refractivity contribution in [1.82, 2.24) is 9.80 Å². The third-order valence-electron chi connectivity index (χ3n) is 4.20. The Morgan fingerprint density at radius 2 is 1.67 bits per heavy atom. The topological polar surface area (TPSA) is 60.9 Å². The zero-order chi connectivity index (χ0) is 13.1. The quantitative estimate of drug-likeness (QED) is 0.809. The summed E-state index contributed by atoms with van der Waals surface area (Å²) < 4.78 is 0. The minimum absolute atomic E-state index is 0.0992. The molecule has 2 rings (SSSR count). The number of amides is 1. The Labute approximate surface area is 108 Å². The van der Waals surface area contributed by atoms with Gasteiger partial charge in [0.15, 0.2) is 0 Å². The Balaban J connectivity index is 1.84. The van der Waals surface area contributed by atoms with Crippen LogP contribution in [-0.2, 0) is 9.59 Å². The Bertz CT molecular complexity index is 318.